The van der Waals surface area contributed by atoms with E-state index >= 15 is 0 Å². The van der Waals surface area contributed by atoms with Gasteiger partial charge in [0.15, 0.2) is 0 Å². The Bertz CT molecular complexity index is 792. The van der Waals surface area contributed by atoms with Gasteiger partial charge >= 0.3 is 0 Å². The molecule has 2 aromatic carbocycles. The Labute approximate surface area is 130 Å². The van der Waals surface area contributed by atoms with Crippen molar-refractivity contribution >= 4 is 16.9 Å². The summed E-state index contributed by atoms with van der Waals surface area (Å²) in [6.45, 7) is 2.87. The van der Waals surface area contributed by atoms with E-state index in [1.54, 1.807) is 4.90 Å². The van der Waals surface area contributed by atoms with Crippen LogP contribution in [0, 0.1) is 6.92 Å². The van der Waals surface area contributed by atoms with Gasteiger partial charge in [-0.2, -0.15) is 0 Å². The number of imidazole rings is 1. The zero-order valence-electron chi connectivity index (χ0n) is 12.9. The quantitative estimate of drug-likeness (QED) is 0.741. The molecule has 0 aliphatic heterocycles. The van der Waals surface area contributed by atoms with Crippen molar-refractivity contribution in [3.05, 3.63) is 66.0 Å². The molecule has 4 heteroatoms. The standard InChI is InChI=1S/C18H19N3O/c1-14-19-16-10-6-7-11-17(16)21(14)13-18(22)20(2)12-15-8-4-3-5-9-15/h3-11H,12-13H2,1-2H3. The molecule has 0 radical (unpaired) electrons. The summed E-state index contributed by atoms with van der Waals surface area (Å²) >= 11 is 0. The van der Waals surface area contributed by atoms with Crippen LogP contribution in [0.3, 0.4) is 0 Å². The number of carbonyl (C=O) groups excluding carboxylic acids is 1. The number of hydrogen-bond donors (Lipinski definition) is 0. The Morgan fingerprint density at radius 3 is 2.55 bits per heavy atom. The summed E-state index contributed by atoms with van der Waals surface area (Å²) in [4.78, 5) is 18.7. The molecule has 4 nitrogen and oxygen atoms in total. The zero-order valence-corrected chi connectivity index (χ0v) is 12.9. The molecule has 0 saturated heterocycles. The topological polar surface area (TPSA) is 38.1 Å². The van der Waals surface area contributed by atoms with E-state index in [-0.39, 0.29) is 5.91 Å². The maximum atomic E-state index is 12.5. The fraction of sp³-hybridized carbons (Fsp3) is 0.222. The van der Waals surface area contributed by atoms with Crippen molar-refractivity contribution in [2.45, 2.75) is 20.0 Å². The third-order valence-corrected chi connectivity index (χ3v) is 3.83. The molecule has 0 bridgehead atoms. The van der Waals surface area contributed by atoms with E-state index in [0.29, 0.717) is 13.1 Å². The van der Waals surface area contributed by atoms with Gasteiger partial charge in [0.2, 0.25) is 5.91 Å². The molecule has 112 valence electrons. The number of amides is 1. The smallest absolute Gasteiger partial charge is 0.242 e. The van der Waals surface area contributed by atoms with Crippen LogP contribution in [-0.2, 0) is 17.9 Å². The van der Waals surface area contributed by atoms with Crippen LogP contribution in [0.1, 0.15) is 11.4 Å². The van der Waals surface area contributed by atoms with Crippen LogP contribution in [0.5, 0.6) is 0 Å². The monoisotopic (exact) mass is 293 g/mol. The third kappa shape index (κ3) is 2.86. The lowest BCUT2D eigenvalue weighted by Gasteiger charge is -2.18. The second-order valence-corrected chi connectivity index (χ2v) is 5.47. The average Bonchev–Trinajstić information content (AvgIpc) is 2.84. The molecule has 3 rings (SSSR count). The van der Waals surface area contributed by atoms with Crippen LogP contribution < -0.4 is 0 Å². The van der Waals surface area contributed by atoms with Gasteiger partial charge in [0.05, 0.1) is 11.0 Å². The second-order valence-electron chi connectivity index (χ2n) is 5.47. The first-order valence-corrected chi connectivity index (χ1v) is 7.35. The van der Waals surface area contributed by atoms with Gasteiger partial charge in [0.1, 0.15) is 12.4 Å². The first kappa shape index (κ1) is 14.3. The molecule has 0 spiro atoms. The van der Waals surface area contributed by atoms with Crippen molar-refractivity contribution in [2.24, 2.45) is 0 Å². The van der Waals surface area contributed by atoms with E-state index in [1.165, 1.54) is 0 Å². The number of fused-ring (bicyclic) bond motifs is 1. The van der Waals surface area contributed by atoms with Crippen molar-refractivity contribution < 1.29 is 4.79 Å². The van der Waals surface area contributed by atoms with Gasteiger partial charge in [0, 0.05) is 13.6 Å². The summed E-state index contributed by atoms with van der Waals surface area (Å²) in [6, 6.07) is 17.9. The zero-order chi connectivity index (χ0) is 15.5. The third-order valence-electron chi connectivity index (χ3n) is 3.83. The fourth-order valence-electron chi connectivity index (χ4n) is 2.60. The first-order valence-electron chi connectivity index (χ1n) is 7.35. The second kappa shape index (κ2) is 6.02. The molecule has 1 aromatic heterocycles. The Kier molecular flexibility index (Phi) is 3.92. The van der Waals surface area contributed by atoms with Crippen LogP contribution in [-0.4, -0.2) is 27.4 Å². The van der Waals surface area contributed by atoms with Crippen LogP contribution in [0.15, 0.2) is 54.6 Å². The number of hydrogen-bond acceptors (Lipinski definition) is 2. The molecule has 3 aromatic rings. The lowest BCUT2D eigenvalue weighted by Crippen LogP contribution is -2.30. The van der Waals surface area contributed by atoms with E-state index < -0.39 is 0 Å². The van der Waals surface area contributed by atoms with E-state index in [9.17, 15) is 4.79 Å². The number of carbonyl (C=O) groups is 1. The van der Waals surface area contributed by atoms with E-state index in [2.05, 4.69) is 4.98 Å². The maximum absolute atomic E-state index is 12.5. The molecule has 0 N–H and O–H groups in total. The summed E-state index contributed by atoms with van der Waals surface area (Å²) in [6.07, 6.45) is 0. The number of benzene rings is 2. The highest BCUT2D eigenvalue weighted by molar-refractivity contribution is 5.81. The van der Waals surface area contributed by atoms with Gasteiger partial charge < -0.3 is 9.47 Å². The summed E-state index contributed by atoms with van der Waals surface area (Å²) in [5, 5.41) is 0. The van der Waals surface area contributed by atoms with Gasteiger partial charge in [-0.3, -0.25) is 4.79 Å². The van der Waals surface area contributed by atoms with Crippen molar-refractivity contribution in [3.63, 3.8) is 0 Å². The molecule has 0 aliphatic rings. The van der Waals surface area contributed by atoms with E-state index in [0.717, 1.165) is 22.4 Å². The average molecular weight is 293 g/mol. The van der Waals surface area contributed by atoms with E-state index in [1.807, 2.05) is 73.1 Å². The molecule has 0 aliphatic carbocycles. The number of aryl methyl sites for hydroxylation is 1. The summed E-state index contributed by atoms with van der Waals surface area (Å²) in [5.74, 6) is 0.942. The normalized spacial score (nSPS) is 10.8. The van der Waals surface area contributed by atoms with Crippen LogP contribution in [0.25, 0.3) is 11.0 Å². The van der Waals surface area contributed by atoms with Crippen molar-refractivity contribution in [2.75, 3.05) is 7.05 Å². The molecule has 0 unspecified atom stereocenters. The number of rotatable bonds is 4. The number of likely N-dealkylation sites (N-methyl/N-ethyl adjacent to an activating group) is 1. The van der Waals surface area contributed by atoms with E-state index in [4.69, 9.17) is 0 Å². The molecule has 22 heavy (non-hydrogen) atoms. The first-order chi connectivity index (χ1) is 10.6. The van der Waals surface area contributed by atoms with Gasteiger partial charge in [0.25, 0.3) is 0 Å². The Hall–Kier alpha value is -2.62. The lowest BCUT2D eigenvalue weighted by atomic mass is 10.2. The highest BCUT2D eigenvalue weighted by Gasteiger charge is 2.14. The molecule has 1 amide bonds. The predicted octanol–water partition coefficient (Wildman–Crippen LogP) is 3.00. The minimum Gasteiger partial charge on any atom is -0.340 e. The Morgan fingerprint density at radius 1 is 1.09 bits per heavy atom. The Morgan fingerprint density at radius 2 is 1.77 bits per heavy atom. The predicted molar refractivity (Wildman–Crippen MR) is 87.4 cm³/mol. The van der Waals surface area contributed by atoms with Crippen LogP contribution in [0.2, 0.25) is 0 Å². The summed E-state index contributed by atoms with van der Waals surface area (Å²) in [7, 11) is 1.84. The Balaban J connectivity index is 1.77. The molecule has 0 atom stereocenters. The molecule has 0 fully saturated rings. The SMILES string of the molecule is Cc1nc2ccccc2n1CC(=O)N(C)Cc1ccccc1. The van der Waals surface area contributed by atoms with Gasteiger partial charge in [-0.25, -0.2) is 4.98 Å². The highest BCUT2D eigenvalue weighted by atomic mass is 16.2. The summed E-state index contributed by atoms with van der Waals surface area (Å²) < 4.78 is 1.97. The minimum atomic E-state index is 0.0788. The maximum Gasteiger partial charge on any atom is 0.242 e. The number of nitrogens with zero attached hydrogens (tertiary/aromatic N) is 3. The largest absolute Gasteiger partial charge is 0.340 e. The van der Waals surface area contributed by atoms with Crippen molar-refractivity contribution in [1.29, 1.82) is 0 Å². The van der Waals surface area contributed by atoms with Crippen LogP contribution >= 0.6 is 0 Å². The molecular weight excluding hydrogens is 274 g/mol. The highest BCUT2D eigenvalue weighted by Crippen LogP contribution is 2.15. The lowest BCUT2D eigenvalue weighted by molar-refractivity contribution is -0.131. The van der Waals surface area contributed by atoms with Crippen LogP contribution in [0.4, 0.5) is 0 Å². The van der Waals surface area contributed by atoms with Crippen molar-refractivity contribution in [3.8, 4) is 0 Å². The fourth-order valence-corrected chi connectivity index (χ4v) is 2.60. The van der Waals surface area contributed by atoms with Gasteiger partial charge in [-0.05, 0) is 24.6 Å². The minimum absolute atomic E-state index is 0.0788. The summed E-state index contributed by atoms with van der Waals surface area (Å²) in [5.41, 5.74) is 3.06. The number of aromatic nitrogens is 2. The molecule has 0 saturated carbocycles. The van der Waals surface area contributed by atoms with Gasteiger partial charge in [-0.15, -0.1) is 0 Å². The van der Waals surface area contributed by atoms with Gasteiger partial charge in [-0.1, -0.05) is 42.5 Å². The molecular formula is C18H19N3O. The number of para-hydroxylation sites is 2. The van der Waals surface area contributed by atoms with Crippen molar-refractivity contribution in [1.82, 2.24) is 14.5 Å². The molecule has 1 heterocycles.